The molecule has 30 heavy (non-hydrogen) atoms. The molecule has 0 bridgehead atoms. The Morgan fingerprint density at radius 2 is 1.93 bits per heavy atom. The molecule has 2 unspecified atom stereocenters. The summed E-state index contributed by atoms with van der Waals surface area (Å²) < 4.78 is 5.47. The third kappa shape index (κ3) is 3.91. The molecule has 160 valence electrons. The Kier molecular flexibility index (Phi) is 5.03. The van der Waals surface area contributed by atoms with E-state index in [4.69, 9.17) is 4.74 Å². The van der Waals surface area contributed by atoms with E-state index in [1.165, 1.54) is 0 Å². The fourth-order valence-corrected chi connectivity index (χ4v) is 4.37. The number of piperidine rings is 1. The molecule has 0 radical (unpaired) electrons. The zero-order valence-corrected chi connectivity index (χ0v) is 17.6. The first-order valence-corrected chi connectivity index (χ1v) is 10.4. The normalized spacial score (nSPS) is 24.2. The largest absolute Gasteiger partial charge is 0.444 e. The Labute approximate surface area is 175 Å². The topological polar surface area (TPSA) is 96.0 Å². The Morgan fingerprint density at radius 1 is 1.17 bits per heavy atom. The maximum atomic E-state index is 12.8. The molecular formula is C22H27N3O5. The van der Waals surface area contributed by atoms with Gasteiger partial charge in [-0.3, -0.25) is 19.7 Å². The third-order valence-electron chi connectivity index (χ3n) is 5.86. The number of carbonyl (C=O) groups is 4. The van der Waals surface area contributed by atoms with Gasteiger partial charge in [0, 0.05) is 37.5 Å². The number of rotatable bonds is 2. The van der Waals surface area contributed by atoms with Gasteiger partial charge in [0.1, 0.15) is 11.6 Å². The number of hydrogen-bond acceptors (Lipinski definition) is 5. The van der Waals surface area contributed by atoms with Gasteiger partial charge in [0.2, 0.25) is 11.8 Å². The van der Waals surface area contributed by atoms with Crippen molar-refractivity contribution in [2.75, 3.05) is 13.1 Å². The van der Waals surface area contributed by atoms with Crippen molar-refractivity contribution in [3.8, 4) is 0 Å². The minimum atomic E-state index is -0.611. The van der Waals surface area contributed by atoms with Gasteiger partial charge >= 0.3 is 6.09 Å². The molecule has 1 aromatic carbocycles. The number of ether oxygens (including phenoxy) is 1. The minimum absolute atomic E-state index is 0.173. The van der Waals surface area contributed by atoms with Crippen LogP contribution in [0.3, 0.4) is 0 Å². The Balaban J connectivity index is 1.45. The fraction of sp³-hybridized carbons (Fsp3) is 0.545. The number of imide groups is 1. The summed E-state index contributed by atoms with van der Waals surface area (Å²) >= 11 is 0. The standard InChI is InChI=1S/C22H27N3O5/c1-22(2,3)30-21(29)24-9-8-14(11-24)13-4-5-16-15(10-13)12-25(20(16)28)17-6-7-18(26)23-19(17)27/h4-5,10,14,17H,6-9,11-12H2,1-3H3,(H,23,26,27). The van der Waals surface area contributed by atoms with Gasteiger partial charge < -0.3 is 14.5 Å². The lowest BCUT2D eigenvalue weighted by Gasteiger charge is -2.29. The summed E-state index contributed by atoms with van der Waals surface area (Å²) in [7, 11) is 0. The van der Waals surface area contributed by atoms with Crippen LogP contribution in [-0.4, -0.2) is 58.3 Å². The molecule has 2 saturated heterocycles. The first-order chi connectivity index (χ1) is 14.1. The molecule has 0 aromatic heterocycles. The van der Waals surface area contributed by atoms with Gasteiger partial charge in [0.15, 0.2) is 0 Å². The van der Waals surface area contributed by atoms with Crippen molar-refractivity contribution in [1.82, 2.24) is 15.1 Å². The summed E-state index contributed by atoms with van der Waals surface area (Å²) in [5.41, 5.74) is 2.05. The van der Waals surface area contributed by atoms with E-state index >= 15 is 0 Å². The van der Waals surface area contributed by atoms with Crippen LogP contribution >= 0.6 is 0 Å². The van der Waals surface area contributed by atoms with Crippen molar-refractivity contribution in [1.29, 1.82) is 0 Å². The monoisotopic (exact) mass is 413 g/mol. The highest BCUT2D eigenvalue weighted by atomic mass is 16.6. The highest BCUT2D eigenvalue weighted by Gasteiger charge is 2.39. The molecular weight excluding hydrogens is 386 g/mol. The lowest BCUT2D eigenvalue weighted by molar-refractivity contribution is -0.136. The van der Waals surface area contributed by atoms with E-state index in [-0.39, 0.29) is 30.2 Å². The molecule has 2 fully saturated rings. The summed E-state index contributed by atoms with van der Waals surface area (Å²) in [5.74, 6) is -0.690. The number of amides is 4. The Bertz CT molecular complexity index is 920. The molecule has 0 saturated carbocycles. The van der Waals surface area contributed by atoms with Gasteiger partial charge in [-0.1, -0.05) is 12.1 Å². The van der Waals surface area contributed by atoms with Gasteiger partial charge in [-0.2, -0.15) is 0 Å². The van der Waals surface area contributed by atoms with Gasteiger partial charge in [-0.15, -0.1) is 0 Å². The van der Waals surface area contributed by atoms with Crippen LogP contribution < -0.4 is 5.32 Å². The minimum Gasteiger partial charge on any atom is -0.444 e. The average Bonchev–Trinajstić information content (AvgIpc) is 3.26. The zero-order chi connectivity index (χ0) is 21.6. The van der Waals surface area contributed by atoms with E-state index in [1.54, 1.807) is 9.80 Å². The molecule has 3 heterocycles. The quantitative estimate of drug-likeness (QED) is 0.750. The maximum absolute atomic E-state index is 12.8. The second kappa shape index (κ2) is 7.41. The molecule has 1 aromatic rings. The molecule has 8 heteroatoms. The number of nitrogens with one attached hydrogen (secondary N) is 1. The first-order valence-electron chi connectivity index (χ1n) is 10.4. The molecule has 8 nitrogen and oxygen atoms in total. The highest BCUT2D eigenvalue weighted by molar-refractivity contribution is 6.05. The van der Waals surface area contributed by atoms with Crippen molar-refractivity contribution < 1.29 is 23.9 Å². The molecule has 4 amide bonds. The van der Waals surface area contributed by atoms with Gasteiger partial charge in [0.25, 0.3) is 5.91 Å². The second-order valence-electron chi connectivity index (χ2n) is 9.23. The average molecular weight is 413 g/mol. The maximum Gasteiger partial charge on any atom is 0.410 e. The lowest BCUT2D eigenvalue weighted by Crippen LogP contribution is -2.52. The van der Waals surface area contributed by atoms with Crippen LogP contribution in [-0.2, 0) is 20.9 Å². The van der Waals surface area contributed by atoms with Crippen molar-refractivity contribution in [3.63, 3.8) is 0 Å². The molecule has 1 N–H and O–H groups in total. The fourth-order valence-electron chi connectivity index (χ4n) is 4.37. The van der Waals surface area contributed by atoms with Crippen LogP contribution in [0.2, 0.25) is 0 Å². The SMILES string of the molecule is CC(C)(C)OC(=O)N1CCC(c2ccc3c(c2)CN(C2CCC(=O)NC2=O)C3=O)C1. The van der Waals surface area contributed by atoms with E-state index in [0.717, 1.165) is 17.5 Å². The summed E-state index contributed by atoms with van der Waals surface area (Å²) in [6, 6.07) is 5.16. The van der Waals surface area contributed by atoms with Crippen molar-refractivity contribution in [2.45, 2.75) is 64.1 Å². The van der Waals surface area contributed by atoms with Crippen molar-refractivity contribution in [3.05, 3.63) is 34.9 Å². The highest BCUT2D eigenvalue weighted by Crippen LogP contribution is 2.33. The van der Waals surface area contributed by atoms with Gasteiger partial charge in [-0.25, -0.2) is 4.79 Å². The zero-order valence-electron chi connectivity index (χ0n) is 17.6. The van der Waals surface area contributed by atoms with E-state index in [9.17, 15) is 19.2 Å². The summed E-state index contributed by atoms with van der Waals surface area (Å²) in [4.78, 5) is 52.0. The van der Waals surface area contributed by atoms with Crippen LogP contribution in [0, 0.1) is 0 Å². The van der Waals surface area contributed by atoms with E-state index in [2.05, 4.69) is 5.32 Å². The van der Waals surface area contributed by atoms with Crippen LogP contribution in [0.25, 0.3) is 0 Å². The Morgan fingerprint density at radius 3 is 2.63 bits per heavy atom. The Hall–Kier alpha value is -2.90. The summed E-state index contributed by atoms with van der Waals surface area (Å²) in [6.07, 6.45) is 1.13. The molecule has 2 atom stereocenters. The number of carbonyl (C=O) groups excluding carboxylic acids is 4. The van der Waals surface area contributed by atoms with Crippen LogP contribution in [0.1, 0.15) is 67.4 Å². The summed E-state index contributed by atoms with van der Waals surface area (Å²) in [5, 5.41) is 2.32. The van der Waals surface area contributed by atoms with Gasteiger partial charge in [0.05, 0.1) is 0 Å². The predicted molar refractivity (Wildman–Crippen MR) is 108 cm³/mol. The van der Waals surface area contributed by atoms with Crippen molar-refractivity contribution >= 4 is 23.8 Å². The number of nitrogens with zero attached hydrogens (tertiary/aromatic N) is 2. The smallest absolute Gasteiger partial charge is 0.410 e. The molecule has 3 aliphatic rings. The van der Waals surface area contributed by atoms with Gasteiger partial charge in [-0.05, 0) is 50.8 Å². The first kappa shape index (κ1) is 20.4. The summed E-state index contributed by atoms with van der Waals surface area (Å²) in [6.45, 7) is 7.13. The molecule has 4 rings (SSSR count). The third-order valence-corrected chi connectivity index (χ3v) is 5.86. The van der Waals surface area contributed by atoms with Crippen molar-refractivity contribution in [2.24, 2.45) is 0 Å². The number of benzene rings is 1. The van der Waals surface area contributed by atoms with E-state index in [0.29, 0.717) is 31.6 Å². The van der Waals surface area contributed by atoms with Crippen LogP contribution in [0.15, 0.2) is 18.2 Å². The number of fused-ring (bicyclic) bond motifs is 1. The van der Waals surface area contributed by atoms with Crippen LogP contribution in [0.5, 0.6) is 0 Å². The van der Waals surface area contributed by atoms with E-state index in [1.807, 2.05) is 39.0 Å². The lowest BCUT2D eigenvalue weighted by atomic mass is 9.95. The number of likely N-dealkylation sites (tertiary alicyclic amines) is 1. The molecule has 0 aliphatic carbocycles. The number of hydrogen-bond donors (Lipinski definition) is 1. The van der Waals surface area contributed by atoms with Crippen LogP contribution in [0.4, 0.5) is 4.79 Å². The molecule has 3 aliphatic heterocycles. The molecule has 0 spiro atoms. The van der Waals surface area contributed by atoms with E-state index < -0.39 is 17.6 Å². The second-order valence-corrected chi connectivity index (χ2v) is 9.23. The predicted octanol–water partition coefficient (Wildman–Crippen LogP) is 2.17.